The van der Waals surface area contributed by atoms with Crippen LogP contribution in [0, 0.1) is 5.82 Å². The molecular formula is C20H14BrCl2FN2O3S. The Morgan fingerprint density at radius 3 is 2.33 bits per heavy atom. The highest BCUT2D eigenvalue weighted by Gasteiger charge is 2.21. The standard InChI is InChI=1S/C20H14BrCl2FN2O3S/c21-14-3-5-15(6-4-14)26-20(27)13-2-8-18(24)19(10-13)30(28,29)25-11-12-1-7-16(22)17(23)9-12/h1-10,25H,11H2,(H,26,27). The maximum atomic E-state index is 14.2. The van der Waals surface area contributed by atoms with Crippen molar-refractivity contribution in [3.63, 3.8) is 0 Å². The van der Waals surface area contributed by atoms with Crippen LogP contribution in [0.15, 0.2) is 70.0 Å². The van der Waals surface area contributed by atoms with E-state index in [1.54, 1.807) is 30.3 Å². The number of nitrogens with one attached hydrogen (secondary N) is 2. The Morgan fingerprint density at radius 1 is 0.967 bits per heavy atom. The van der Waals surface area contributed by atoms with Gasteiger partial charge in [-0.25, -0.2) is 17.5 Å². The highest BCUT2D eigenvalue weighted by Crippen LogP contribution is 2.23. The molecule has 3 aromatic rings. The Labute approximate surface area is 191 Å². The third-order valence-corrected chi connectivity index (χ3v) is 6.72. The zero-order valence-corrected chi connectivity index (χ0v) is 19.0. The lowest BCUT2D eigenvalue weighted by atomic mass is 10.2. The van der Waals surface area contributed by atoms with Crippen LogP contribution in [-0.4, -0.2) is 14.3 Å². The number of amides is 1. The average Bonchev–Trinajstić information content (AvgIpc) is 2.71. The van der Waals surface area contributed by atoms with Crippen molar-refractivity contribution in [1.82, 2.24) is 4.72 Å². The van der Waals surface area contributed by atoms with Crippen LogP contribution in [0.2, 0.25) is 10.0 Å². The van der Waals surface area contributed by atoms with Gasteiger partial charge in [0.05, 0.1) is 10.0 Å². The number of sulfonamides is 1. The lowest BCUT2D eigenvalue weighted by Crippen LogP contribution is -2.25. The molecule has 5 nitrogen and oxygen atoms in total. The number of carbonyl (C=O) groups excluding carboxylic acids is 1. The van der Waals surface area contributed by atoms with Gasteiger partial charge in [-0.1, -0.05) is 45.2 Å². The number of anilines is 1. The zero-order valence-electron chi connectivity index (χ0n) is 15.1. The highest BCUT2D eigenvalue weighted by atomic mass is 79.9. The van der Waals surface area contributed by atoms with E-state index in [1.165, 1.54) is 18.2 Å². The molecule has 0 heterocycles. The van der Waals surface area contributed by atoms with Crippen LogP contribution in [0.25, 0.3) is 0 Å². The summed E-state index contributed by atoms with van der Waals surface area (Å²) in [6.45, 7) is -0.131. The topological polar surface area (TPSA) is 75.3 Å². The van der Waals surface area contributed by atoms with Gasteiger partial charge < -0.3 is 5.32 Å². The summed E-state index contributed by atoms with van der Waals surface area (Å²) < 4.78 is 42.6. The minimum absolute atomic E-state index is 0.00534. The van der Waals surface area contributed by atoms with Crippen LogP contribution in [0.3, 0.4) is 0 Å². The van der Waals surface area contributed by atoms with E-state index < -0.39 is 26.6 Å². The van der Waals surface area contributed by atoms with E-state index in [9.17, 15) is 17.6 Å². The first-order valence-corrected chi connectivity index (χ1v) is 11.5. The molecular weight excluding hydrogens is 518 g/mol. The van der Waals surface area contributed by atoms with Crippen LogP contribution in [-0.2, 0) is 16.6 Å². The second-order valence-corrected chi connectivity index (χ2v) is 9.64. The smallest absolute Gasteiger partial charge is 0.255 e. The first kappa shape index (κ1) is 22.7. The molecule has 30 heavy (non-hydrogen) atoms. The minimum atomic E-state index is -4.23. The second kappa shape index (κ2) is 9.45. The molecule has 0 unspecified atom stereocenters. The molecule has 0 aliphatic heterocycles. The number of hydrogen-bond acceptors (Lipinski definition) is 3. The molecule has 3 aromatic carbocycles. The van der Waals surface area contributed by atoms with Crippen molar-refractivity contribution in [1.29, 1.82) is 0 Å². The SMILES string of the molecule is O=C(Nc1ccc(Br)cc1)c1ccc(F)c(S(=O)(=O)NCc2ccc(Cl)c(Cl)c2)c1. The number of carbonyl (C=O) groups is 1. The Balaban J connectivity index is 1.79. The van der Waals surface area contributed by atoms with Crippen molar-refractivity contribution >= 4 is 60.7 Å². The van der Waals surface area contributed by atoms with E-state index in [1.807, 2.05) is 0 Å². The van der Waals surface area contributed by atoms with E-state index >= 15 is 0 Å². The number of benzene rings is 3. The molecule has 156 valence electrons. The maximum absolute atomic E-state index is 14.2. The largest absolute Gasteiger partial charge is 0.322 e. The van der Waals surface area contributed by atoms with Gasteiger partial charge in [-0.05, 0) is 60.2 Å². The molecule has 0 aliphatic carbocycles. The fourth-order valence-corrected chi connectivity index (χ4v) is 4.20. The molecule has 0 aliphatic rings. The number of hydrogen-bond donors (Lipinski definition) is 2. The van der Waals surface area contributed by atoms with Crippen molar-refractivity contribution in [2.75, 3.05) is 5.32 Å². The van der Waals surface area contributed by atoms with Crippen LogP contribution in [0.4, 0.5) is 10.1 Å². The molecule has 0 saturated heterocycles. The summed E-state index contributed by atoms with van der Waals surface area (Å²) in [5.41, 5.74) is 1.04. The van der Waals surface area contributed by atoms with E-state index in [0.717, 1.165) is 16.6 Å². The van der Waals surface area contributed by atoms with Crippen molar-refractivity contribution in [2.45, 2.75) is 11.4 Å². The van der Waals surface area contributed by atoms with Gasteiger partial charge in [-0.15, -0.1) is 0 Å². The molecule has 0 saturated carbocycles. The van der Waals surface area contributed by atoms with Gasteiger partial charge in [-0.2, -0.15) is 0 Å². The molecule has 0 spiro atoms. The van der Waals surface area contributed by atoms with Gasteiger partial charge in [0.15, 0.2) is 0 Å². The summed E-state index contributed by atoms with van der Waals surface area (Å²) in [7, 11) is -4.23. The predicted molar refractivity (Wildman–Crippen MR) is 119 cm³/mol. The monoisotopic (exact) mass is 530 g/mol. The van der Waals surface area contributed by atoms with Crippen LogP contribution in [0.5, 0.6) is 0 Å². The molecule has 0 aromatic heterocycles. The zero-order chi connectivity index (χ0) is 21.9. The lowest BCUT2D eigenvalue weighted by Gasteiger charge is -2.11. The number of halogens is 4. The number of rotatable bonds is 6. The molecule has 10 heteroatoms. The first-order valence-electron chi connectivity index (χ1n) is 8.46. The summed E-state index contributed by atoms with van der Waals surface area (Å²) in [6.07, 6.45) is 0. The Bertz CT molecular complexity index is 1210. The summed E-state index contributed by atoms with van der Waals surface area (Å²) in [5.74, 6) is -1.55. The molecule has 0 bridgehead atoms. The molecule has 0 atom stereocenters. The quantitative estimate of drug-likeness (QED) is 0.433. The van der Waals surface area contributed by atoms with Crippen molar-refractivity contribution in [3.8, 4) is 0 Å². The Kier molecular flexibility index (Phi) is 7.15. The van der Waals surface area contributed by atoms with E-state index in [-0.39, 0.29) is 17.1 Å². The van der Waals surface area contributed by atoms with E-state index in [2.05, 4.69) is 26.0 Å². The Morgan fingerprint density at radius 2 is 1.67 bits per heavy atom. The van der Waals surface area contributed by atoms with Gasteiger partial charge in [0.25, 0.3) is 5.91 Å². The van der Waals surface area contributed by atoms with Gasteiger partial charge in [0, 0.05) is 22.3 Å². The predicted octanol–water partition coefficient (Wildman–Crippen LogP) is 5.63. The summed E-state index contributed by atoms with van der Waals surface area (Å²) in [5, 5.41) is 3.23. The molecule has 2 N–H and O–H groups in total. The summed E-state index contributed by atoms with van der Waals surface area (Å²) in [6, 6.07) is 14.6. The normalized spacial score (nSPS) is 11.3. The first-order chi connectivity index (χ1) is 14.2. The third kappa shape index (κ3) is 5.59. The van der Waals surface area contributed by atoms with Crippen LogP contribution >= 0.6 is 39.1 Å². The second-order valence-electron chi connectivity index (χ2n) is 6.18. The Hall–Kier alpha value is -1.97. The fourth-order valence-electron chi connectivity index (χ4n) is 2.49. The molecule has 0 fully saturated rings. The van der Waals surface area contributed by atoms with E-state index in [0.29, 0.717) is 16.3 Å². The molecule has 0 radical (unpaired) electrons. The van der Waals surface area contributed by atoms with Crippen molar-refractivity contribution < 1.29 is 17.6 Å². The third-order valence-electron chi connectivity index (χ3n) is 4.04. The highest BCUT2D eigenvalue weighted by molar-refractivity contribution is 9.10. The van der Waals surface area contributed by atoms with Crippen LogP contribution in [0.1, 0.15) is 15.9 Å². The van der Waals surface area contributed by atoms with Gasteiger partial charge in [0.1, 0.15) is 10.7 Å². The van der Waals surface area contributed by atoms with Crippen molar-refractivity contribution in [2.24, 2.45) is 0 Å². The maximum Gasteiger partial charge on any atom is 0.255 e. The molecule has 1 amide bonds. The molecule has 3 rings (SSSR count). The summed E-state index contributed by atoms with van der Waals surface area (Å²) >= 11 is 15.1. The van der Waals surface area contributed by atoms with Gasteiger partial charge >= 0.3 is 0 Å². The lowest BCUT2D eigenvalue weighted by molar-refractivity contribution is 0.102. The minimum Gasteiger partial charge on any atom is -0.322 e. The summed E-state index contributed by atoms with van der Waals surface area (Å²) in [4.78, 5) is 11.8. The van der Waals surface area contributed by atoms with Crippen LogP contribution < -0.4 is 10.0 Å². The average molecular weight is 532 g/mol. The van der Waals surface area contributed by atoms with E-state index in [4.69, 9.17) is 23.2 Å². The fraction of sp³-hybridized carbons (Fsp3) is 0.0500. The van der Waals surface area contributed by atoms with Gasteiger partial charge in [0.2, 0.25) is 10.0 Å². The van der Waals surface area contributed by atoms with Gasteiger partial charge in [-0.3, -0.25) is 4.79 Å². The van der Waals surface area contributed by atoms with Crippen molar-refractivity contribution in [3.05, 3.63) is 92.1 Å².